The molecule has 2 aromatic rings. The summed E-state index contributed by atoms with van der Waals surface area (Å²) in [6.45, 7) is 5.15. The van der Waals surface area contributed by atoms with E-state index in [1.54, 1.807) is 25.1 Å². The quantitative estimate of drug-likeness (QED) is 0.318. The van der Waals surface area contributed by atoms with Crippen LogP contribution in [0.2, 0.25) is 4.34 Å². The second-order valence-electron chi connectivity index (χ2n) is 5.32. The zero-order valence-electron chi connectivity index (χ0n) is 14.1. The van der Waals surface area contributed by atoms with Crippen molar-refractivity contribution in [1.29, 1.82) is 0 Å². The van der Waals surface area contributed by atoms with Crippen LogP contribution in [0.1, 0.15) is 29.0 Å². The number of aliphatic hydroxyl groups is 1. The molecule has 25 heavy (non-hydrogen) atoms. The summed E-state index contributed by atoms with van der Waals surface area (Å²) < 4.78 is 13.9. The van der Waals surface area contributed by atoms with Gasteiger partial charge in [0, 0.05) is 18.0 Å². The van der Waals surface area contributed by atoms with E-state index in [9.17, 15) is 9.50 Å². The summed E-state index contributed by atoms with van der Waals surface area (Å²) in [6.07, 6.45) is -0.653. The number of aliphatic imine (C=N–C) groups is 1. The van der Waals surface area contributed by atoms with Crippen LogP contribution in [-0.2, 0) is 6.54 Å². The van der Waals surface area contributed by atoms with E-state index in [0.717, 1.165) is 10.4 Å². The zero-order chi connectivity index (χ0) is 17.5. The molecule has 0 amide bonds. The number of aliphatic hydroxyl groups excluding tert-OH is 1. The Morgan fingerprint density at radius 2 is 2.08 bits per heavy atom. The lowest BCUT2D eigenvalue weighted by atomic mass is 10.1. The third kappa shape index (κ3) is 7.08. The standard InChI is InChI=1S/C17H21ClFN3OS.HI/c1-3-20-17(21-9-12-4-5-13(19)11(2)8-12)22-10-14(23)15-6-7-16(18)24-15;/h4-8,14,23H,3,9-10H2,1-2H3,(H2,20,21,22);1H. The first-order valence-electron chi connectivity index (χ1n) is 7.70. The molecular weight excluding hydrogens is 476 g/mol. The van der Waals surface area contributed by atoms with Gasteiger partial charge in [-0.2, -0.15) is 0 Å². The van der Waals surface area contributed by atoms with Crippen molar-refractivity contribution in [3.63, 3.8) is 0 Å². The van der Waals surface area contributed by atoms with E-state index in [2.05, 4.69) is 15.6 Å². The van der Waals surface area contributed by atoms with Gasteiger partial charge in [0.05, 0.1) is 10.9 Å². The number of guanidine groups is 1. The van der Waals surface area contributed by atoms with Crippen molar-refractivity contribution in [2.75, 3.05) is 13.1 Å². The van der Waals surface area contributed by atoms with Crippen molar-refractivity contribution >= 4 is 52.9 Å². The number of hydrogen-bond acceptors (Lipinski definition) is 3. The van der Waals surface area contributed by atoms with Gasteiger partial charge in [0.1, 0.15) is 11.9 Å². The fraction of sp³-hybridized carbons (Fsp3) is 0.353. The molecule has 0 bridgehead atoms. The Bertz CT molecular complexity index is 711. The Labute approximate surface area is 173 Å². The Morgan fingerprint density at radius 1 is 1.32 bits per heavy atom. The third-order valence-corrected chi connectivity index (χ3v) is 4.70. The molecule has 1 heterocycles. The fourth-order valence-corrected chi connectivity index (χ4v) is 3.17. The second-order valence-corrected chi connectivity index (χ2v) is 7.06. The second kappa shape index (κ2) is 10.9. The highest BCUT2D eigenvalue weighted by molar-refractivity contribution is 14.0. The largest absolute Gasteiger partial charge is 0.386 e. The van der Waals surface area contributed by atoms with E-state index in [1.807, 2.05) is 13.0 Å². The molecule has 0 radical (unpaired) electrons. The number of nitrogens with one attached hydrogen (secondary N) is 2. The lowest BCUT2D eigenvalue weighted by molar-refractivity contribution is 0.184. The first-order valence-corrected chi connectivity index (χ1v) is 8.89. The summed E-state index contributed by atoms with van der Waals surface area (Å²) in [5.74, 6) is 0.381. The van der Waals surface area contributed by atoms with Gasteiger partial charge in [-0.15, -0.1) is 35.3 Å². The van der Waals surface area contributed by atoms with Gasteiger partial charge >= 0.3 is 0 Å². The molecule has 1 aromatic carbocycles. The number of benzene rings is 1. The molecule has 0 spiro atoms. The molecule has 4 nitrogen and oxygen atoms in total. The summed E-state index contributed by atoms with van der Waals surface area (Å²) in [7, 11) is 0. The van der Waals surface area contributed by atoms with E-state index < -0.39 is 6.10 Å². The summed E-state index contributed by atoms with van der Waals surface area (Å²) in [6, 6.07) is 8.53. The lowest BCUT2D eigenvalue weighted by Crippen LogP contribution is -2.39. The van der Waals surface area contributed by atoms with Gasteiger partial charge in [-0.3, -0.25) is 0 Å². The minimum Gasteiger partial charge on any atom is -0.386 e. The maximum atomic E-state index is 13.3. The highest BCUT2D eigenvalue weighted by Crippen LogP contribution is 2.26. The Morgan fingerprint density at radius 3 is 2.68 bits per heavy atom. The molecule has 0 fully saturated rings. The maximum absolute atomic E-state index is 13.3. The van der Waals surface area contributed by atoms with Crippen LogP contribution in [0.25, 0.3) is 0 Å². The highest BCUT2D eigenvalue weighted by atomic mass is 127. The summed E-state index contributed by atoms with van der Waals surface area (Å²) >= 11 is 7.24. The number of aryl methyl sites for hydroxylation is 1. The van der Waals surface area contributed by atoms with Crippen LogP contribution in [0, 0.1) is 12.7 Å². The van der Waals surface area contributed by atoms with Crippen molar-refractivity contribution < 1.29 is 9.50 Å². The minimum atomic E-state index is -0.653. The van der Waals surface area contributed by atoms with Gasteiger partial charge in [0.25, 0.3) is 0 Å². The van der Waals surface area contributed by atoms with Crippen LogP contribution in [0.4, 0.5) is 4.39 Å². The lowest BCUT2D eigenvalue weighted by Gasteiger charge is -2.14. The van der Waals surface area contributed by atoms with Crippen molar-refractivity contribution in [2.24, 2.45) is 4.99 Å². The molecule has 2 rings (SSSR count). The van der Waals surface area contributed by atoms with E-state index in [0.29, 0.717) is 35.5 Å². The Kier molecular flexibility index (Phi) is 9.70. The van der Waals surface area contributed by atoms with E-state index in [-0.39, 0.29) is 29.8 Å². The summed E-state index contributed by atoms with van der Waals surface area (Å²) in [4.78, 5) is 5.27. The number of thiophene rings is 1. The third-order valence-electron chi connectivity index (χ3n) is 3.37. The molecule has 0 saturated heterocycles. The van der Waals surface area contributed by atoms with Crippen molar-refractivity contribution in [3.8, 4) is 0 Å². The first-order chi connectivity index (χ1) is 11.5. The summed E-state index contributed by atoms with van der Waals surface area (Å²) in [5, 5.41) is 16.4. The predicted molar refractivity (Wildman–Crippen MR) is 114 cm³/mol. The molecule has 1 aromatic heterocycles. The van der Waals surface area contributed by atoms with Crippen molar-refractivity contribution in [2.45, 2.75) is 26.5 Å². The van der Waals surface area contributed by atoms with Gasteiger partial charge in [-0.25, -0.2) is 9.38 Å². The normalized spacial score (nSPS) is 12.4. The van der Waals surface area contributed by atoms with Gasteiger partial charge in [-0.05, 0) is 43.2 Å². The van der Waals surface area contributed by atoms with E-state index in [1.165, 1.54) is 17.4 Å². The number of nitrogens with zero attached hydrogens (tertiary/aromatic N) is 1. The number of halogens is 3. The smallest absolute Gasteiger partial charge is 0.191 e. The van der Waals surface area contributed by atoms with E-state index >= 15 is 0 Å². The molecule has 0 saturated carbocycles. The molecule has 0 aliphatic rings. The van der Waals surface area contributed by atoms with Gasteiger partial charge in [0.15, 0.2) is 5.96 Å². The molecule has 138 valence electrons. The van der Waals surface area contributed by atoms with Crippen LogP contribution in [0.3, 0.4) is 0 Å². The highest BCUT2D eigenvalue weighted by Gasteiger charge is 2.11. The number of hydrogen-bond donors (Lipinski definition) is 3. The predicted octanol–water partition coefficient (Wildman–Crippen LogP) is 4.26. The molecule has 8 heteroatoms. The SMILES string of the molecule is CCNC(=NCc1ccc(F)c(C)c1)NCC(O)c1ccc(Cl)s1.I. The van der Waals surface area contributed by atoms with Crippen LogP contribution in [0.5, 0.6) is 0 Å². The first kappa shape index (κ1) is 22.1. The van der Waals surface area contributed by atoms with Crippen molar-refractivity contribution in [3.05, 3.63) is 56.5 Å². The van der Waals surface area contributed by atoms with Crippen LogP contribution in [-0.4, -0.2) is 24.2 Å². The van der Waals surface area contributed by atoms with Crippen LogP contribution < -0.4 is 10.6 Å². The van der Waals surface area contributed by atoms with Gasteiger partial charge < -0.3 is 15.7 Å². The van der Waals surface area contributed by atoms with Crippen LogP contribution >= 0.6 is 46.9 Å². The van der Waals surface area contributed by atoms with Crippen LogP contribution in [0.15, 0.2) is 35.3 Å². The molecule has 0 aliphatic carbocycles. The minimum absolute atomic E-state index is 0. The average Bonchev–Trinajstić information content (AvgIpc) is 2.99. The molecular formula is C17H22ClFIN3OS. The summed E-state index contributed by atoms with van der Waals surface area (Å²) in [5.41, 5.74) is 1.53. The van der Waals surface area contributed by atoms with E-state index in [4.69, 9.17) is 11.6 Å². The molecule has 0 aliphatic heterocycles. The zero-order valence-corrected chi connectivity index (χ0v) is 18.0. The van der Waals surface area contributed by atoms with Gasteiger partial charge in [-0.1, -0.05) is 23.7 Å². The van der Waals surface area contributed by atoms with Crippen molar-refractivity contribution in [1.82, 2.24) is 10.6 Å². The Hall–Kier alpha value is -0.900. The monoisotopic (exact) mass is 497 g/mol. The number of rotatable bonds is 6. The average molecular weight is 498 g/mol. The maximum Gasteiger partial charge on any atom is 0.191 e. The fourth-order valence-electron chi connectivity index (χ4n) is 2.12. The molecule has 1 unspecified atom stereocenters. The van der Waals surface area contributed by atoms with Gasteiger partial charge in [0.2, 0.25) is 0 Å². The molecule has 3 N–H and O–H groups in total. The Balaban J connectivity index is 0.00000312. The topological polar surface area (TPSA) is 56.7 Å². The molecule has 1 atom stereocenters.